The minimum atomic E-state index is 0.810. The van der Waals surface area contributed by atoms with Crippen molar-refractivity contribution in [2.24, 2.45) is 5.84 Å². The Kier molecular flexibility index (Phi) is 3.59. The van der Waals surface area contributed by atoms with Crippen molar-refractivity contribution in [3.63, 3.8) is 0 Å². The monoisotopic (exact) mass is 225 g/mol. The molecule has 82 valence electrons. The molecular weight excluding hydrogens is 210 g/mol. The number of nitrogens with zero attached hydrogens (tertiary/aromatic N) is 2. The van der Waals surface area contributed by atoms with Crippen LogP contribution in [-0.2, 0) is 6.54 Å². The standard InChI is InChI=1S/C11H16ClN3/c12-11-3-1-2-10(8-11)9-14-4-6-15(13)7-5-14/h1-3,8H,4-7,9,13H2. The average Bonchev–Trinajstić information content (AvgIpc) is 2.22. The molecule has 4 heteroatoms. The first-order chi connectivity index (χ1) is 7.24. The van der Waals surface area contributed by atoms with E-state index in [1.165, 1.54) is 5.56 Å². The first-order valence-electron chi connectivity index (χ1n) is 5.20. The molecule has 0 aromatic heterocycles. The minimum absolute atomic E-state index is 0.810. The van der Waals surface area contributed by atoms with Crippen molar-refractivity contribution in [3.05, 3.63) is 34.9 Å². The summed E-state index contributed by atoms with van der Waals surface area (Å²) in [6.07, 6.45) is 0. The first kappa shape index (κ1) is 10.9. The third kappa shape index (κ3) is 3.18. The number of hydrogen-bond acceptors (Lipinski definition) is 3. The van der Waals surface area contributed by atoms with Gasteiger partial charge in [-0.15, -0.1) is 0 Å². The van der Waals surface area contributed by atoms with Crippen LogP contribution in [0.3, 0.4) is 0 Å². The molecule has 0 amide bonds. The Morgan fingerprint density at radius 2 is 1.93 bits per heavy atom. The first-order valence-corrected chi connectivity index (χ1v) is 5.58. The van der Waals surface area contributed by atoms with Gasteiger partial charge in [0.25, 0.3) is 0 Å². The summed E-state index contributed by atoms with van der Waals surface area (Å²) in [5.41, 5.74) is 1.27. The van der Waals surface area contributed by atoms with Gasteiger partial charge in [0.1, 0.15) is 0 Å². The van der Waals surface area contributed by atoms with E-state index in [0.29, 0.717) is 0 Å². The van der Waals surface area contributed by atoms with Crippen LogP contribution in [0.25, 0.3) is 0 Å². The van der Waals surface area contributed by atoms with Gasteiger partial charge in [-0.3, -0.25) is 10.7 Å². The second-order valence-corrected chi connectivity index (χ2v) is 4.38. The van der Waals surface area contributed by atoms with Crippen molar-refractivity contribution in [1.82, 2.24) is 9.91 Å². The molecule has 1 aromatic rings. The van der Waals surface area contributed by atoms with Gasteiger partial charge in [-0.25, -0.2) is 5.01 Å². The van der Waals surface area contributed by atoms with E-state index in [0.717, 1.165) is 37.7 Å². The van der Waals surface area contributed by atoms with Gasteiger partial charge in [0.05, 0.1) is 0 Å². The fourth-order valence-corrected chi connectivity index (χ4v) is 2.03. The number of benzene rings is 1. The number of halogens is 1. The lowest BCUT2D eigenvalue weighted by Crippen LogP contribution is -2.48. The molecule has 3 nitrogen and oxygen atoms in total. The SMILES string of the molecule is NN1CCN(Cc2cccc(Cl)c2)CC1. The molecule has 0 saturated carbocycles. The topological polar surface area (TPSA) is 32.5 Å². The highest BCUT2D eigenvalue weighted by molar-refractivity contribution is 6.30. The number of nitrogens with two attached hydrogens (primary N) is 1. The fraction of sp³-hybridized carbons (Fsp3) is 0.455. The van der Waals surface area contributed by atoms with E-state index in [2.05, 4.69) is 11.0 Å². The van der Waals surface area contributed by atoms with Crippen LogP contribution in [0.1, 0.15) is 5.56 Å². The molecule has 1 heterocycles. The van der Waals surface area contributed by atoms with Gasteiger partial charge >= 0.3 is 0 Å². The Hall–Kier alpha value is -0.610. The summed E-state index contributed by atoms with van der Waals surface area (Å²) in [5, 5.41) is 2.68. The maximum absolute atomic E-state index is 5.94. The maximum atomic E-state index is 5.94. The van der Waals surface area contributed by atoms with Crippen molar-refractivity contribution in [1.29, 1.82) is 0 Å². The van der Waals surface area contributed by atoms with E-state index in [-0.39, 0.29) is 0 Å². The highest BCUT2D eigenvalue weighted by Crippen LogP contribution is 2.13. The molecule has 0 spiro atoms. The average molecular weight is 226 g/mol. The van der Waals surface area contributed by atoms with Gasteiger partial charge in [-0.05, 0) is 17.7 Å². The molecule has 2 rings (SSSR count). The van der Waals surface area contributed by atoms with Crippen LogP contribution in [0.4, 0.5) is 0 Å². The highest BCUT2D eigenvalue weighted by atomic mass is 35.5. The summed E-state index contributed by atoms with van der Waals surface area (Å²) in [5.74, 6) is 5.70. The lowest BCUT2D eigenvalue weighted by atomic mass is 10.2. The van der Waals surface area contributed by atoms with E-state index >= 15 is 0 Å². The third-order valence-electron chi connectivity index (χ3n) is 2.70. The summed E-state index contributed by atoms with van der Waals surface area (Å²) in [6, 6.07) is 8.04. The molecule has 0 aliphatic carbocycles. The molecule has 1 aliphatic heterocycles. The van der Waals surface area contributed by atoms with Crippen molar-refractivity contribution in [2.45, 2.75) is 6.54 Å². The number of rotatable bonds is 2. The van der Waals surface area contributed by atoms with E-state index in [1.54, 1.807) is 0 Å². The lowest BCUT2D eigenvalue weighted by molar-refractivity contribution is 0.128. The van der Waals surface area contributed by atoms with Crippen molar-refractivity contribution in [2.75, 3.05) is 26.2 Å². The molecule has 1 aromatic carbocycles. The molecular formula is C11H16ClN3. The van der Waals surface area contributed by atoms with E-state index in [1.807, 2.05) is 23.2 Å². The van der Waals surface area contributed by atoms with Crippen LogP contribution in [0.2, 0.25) is 5.02 Å². The zero-order valence-corrected chi connectivity index (χ0v) is 9.45. The van der Waals surface area contributed by atoms with E-state index in [9.17, 15) is 0 Å². The van der Waals surface area contributed by atoms with Crippen LogP contribution in [0.15, 0.2) is 24.3 Å². The van der Waals surface area contributed by atoms with Crippen LogP contribution >= 0.6 is 11.6 Å². The molecule has 0 radical (unpaired) electrons. The lowest BCUT2D eigenvalue weighted by Gasteiger charge is -2.31. The summed E-state index contributed by atoms with van der Waals surface area (Å²) >= 11 is 5.94. The van der Waals surface area contributed by atoms with Crippen LogP contribution < -0.4 is 5.84 Å². The van der Waals surface area contributed by atoms with Crippen molar-refractivity contribution < 1.29 is 0 Å². The quantitative estimate of drug-likeness (QED) is 0.771. The molecule has 1 saturated heterocycles. The zero-order valence-electron chi connectivity index (χ0n) is 8.69. The van der Waals surface area contributed by atoms with Crippen molar-refractivity contribution in [3.8, 4) is 0 Å². The smallest absolute Gasteiger partial charge is 0.0409 e. The number of hydrogen-bond donors (Lipinski definition) is 1. The fourth-order valence-electron chi connectivity index (χ4n) is 1.81. The van der Waals surface area contributed by atoms with Crippen LogP contribution in [-0.4, -0.2) is 36.1 Å². The second kappa shape index (κ2) is 4.94. The van der Waals surface area contributed by atoms with E-state index in [4.69, 9.17) is 17.4 Å². The van der Waals surface area contributed by atoms with Gasteiger partial charge in [-0.1, -0.05) is 23.7 Å². The summed E-state index contributed by atoms with van der Waals surface area (Å²) in [4.78, 5) is 2.40. The van der Waals surface area contributed by atoms with Crippen LogP contribution in [0, 0.1) is 0 Å². The highest BCUT2D eigenvalue weighted by Gasteiger charge is 2.13. The zero-order chi connectivity index (χ0) is 10.7. The maximum Gasteiger partial charge on any atom is 0.0409 e. The molecule has 1 aliphatic rings. The molecule has 1 fully saturated rings. The van der Waals surface area contributed by atoms with Gasteiger partial charge in [-0.2, -0.15) is 0 Å². The van der Waals surface area contributed by atoms with Crippen LogP contribution in [0.5, 0.6) is 0 Å². The predicted octanol–water partition coefficient (Wildman–Crippen LogP) is 1.33. The Balaban J connectivity index is 1.92. The van der Waals surface area contributed by atoms with Gasteiger partial charge in [0.15, 0.2) is 0 Å². The molecule has 0 bridgehead atoms. The molecule has 0 unspecified atom stereocenters. The van der Waals surface area contributed by atoms with E-state index < -0.39 is 0 Å². The molecule has 2 N–H and O–H groups in total. The van der Waals surface area contributed by atoms with Crippen molar-refractivity contribution >= 4 is 11.6 Å². The summed E-state index contributed by atoms with van der Waals surface area (Å²) in [6.45, 7) is 4.92. The minimum Gasteiger partial charge on any atom is -0.296 e. The second-order valence-electron chi connectivity index (χ2n) is 3.94. The third-order valence-corrected chi connectivity index (χ3v) is 2.94. The normalized spacial score (nSPS) is 19.3. The number of hydrazine groups is 1. The Bertz CT molecular complexity index is 321. The molecule has 15 heavy (non-hydrogen) atoms. The summed E-state index contributed by atoms with van der Waals surface area (Å²) < 4.78 is 0. The van der Waals surface area contributed by atoms with Gasteiger partial charge < -0.3 is 0 Å². The summed E-state index contributed by atoms with van der Waals surface area (Å²) in [7, 11) is 0. The molecule has 0 atom stereocenters. The van der Waals surface area contributed by atoms with Gasteiger partial charge in [0.2, 0.25) is 0 Å². The largest absolute Gasteiger partial charge is 0.296 e. The predicted molar refractivity (Wildman–Crippen MR) is 62.5 cm³/mol. The number of piperazine rings is 1. The Morgan fingerprint density at radius 3 is 2.60 bits per heavy atom. The Morgan fingerprint density at radius 1 is 1.20 bits per heavy atom. The van der Waals surface area contributed by atoms with Gasteiger partial charge in [0, 0.05) is 37.7 Å². The Labute approximate surface area is 95.4 Å².